The Morgan fingerprint density at radius 2 is 1.73 bits per heavy atom. The van der Waals surface area contributed by atoms with Gasteiger partial charge >= 0.3 is 5.97 Å². The molecule has 0 aliphatic heterocycles. The molecule has 3 aromatic rings. The van der Waals surface area contributed by atoms with Crippen LogP contribution in [0.2, 0.25) is 0 Å². The minimum absolute atomic E-state index is 0.399. The first-order valence-electron chi connectivity index (χ1n) is 7.94. The van der Waals surface area contributed by atoms with Crippen LogP contribution in [0.3, 0.4) is 0 Å². The number of carboxylic acids is 1. The first-order chi connectivity index (χ1) is 12.6. The second-order valence-electron chi connectivity index (χ2n) is 5.58. The van der Waals surface area contributed by atoms with E-state index in [0.717, 1.165) is 16.7 Å². The number of pyridine rings is 1. The van der Waals surface area contributed by atoms with Gasteiger partial charge in [0, 0.05) is 17.3 Å². The largest absolute Gasteiger partial charge is 0.489 e. The zero-order valence-corrected chi connectivity index (χ0v) is 14.7. The van der Waals surface area contributed by atoms with E-state index in [0.29, 0.717) is 17.3 Å². The highest BCUT2D eigenvalue weighted by atomic mass is 32.2. The molecule has 0 saturated heterocycles. The molecule has 0 radical (unpaired) electrons. The highest BCUT2D eigenvalue weighted by Gasteiger charge is 2.09. The predicted molar refractivity (Wildman–Crippen MR) is 99.4 cm³/mol. The Morgan fingerprint density at radius 1 is 1.00 bits per heavy atom. The molecule has 1 atom stereocenters. The van der Waals surface area contributed by atoms with Crippen LogP contribution in [0.25, 0.3) is 11.1 Å². The normalized spacial score (nSPS) is 11.7. The number of ether oxygens (including phenoxy) is 1. The van der Waals surface area contributed by atoms with Crippen LogP contribution >= 0.6 is 0 Å². The fourth-order valence-electron chi connectivity index (χ4n) is 2.43. The molecule has 0 bridgehead atoms. The number of hydrogen-bond donors (Lipinski definition) is 1. The van der Waals surface area contributed by atoms with Gasteiger partial charge in [-0.1, -0.05) is 18.2 Å². The Balaban J connectivity index is 1.64. The molecule has 6 heteroatoms. The number of nitrogens with zero attached hydrogens (tertiary/aromatic N) is 1. The van der Waals surface area contributed by atoms with Crippen LogP contribution in [0.15, 0.2) is 78.0 Å². The van der Waals surface area contributed by atoms with E-state index in [-0.39, 0.29) is 0 Å². The summed E-state index contributed by atoms with van der Waals surface area (Å²) in [6.45, 7) is 0.399. The van der Waals surface area contributed by atoms with Crippen LogP contribution in [0, 0.1) is 0 Å². The number of hydrogen-bond acceptors (Lipinski definition) is 4. The van der Waals surface area contributed by atoms with Crippen molar-refractivity contribution in [3.8, 4) is 16.9 Å². The molecule has 5 nitrogen and oxygen atoms in total. The van der Waals surface area contributed by atoms with E-state index in [2.05, 4.69) is 11.1 Å². The van der Waals surface area contributed by atoms with Crippen LogP contribution in [0.1, 0.15) is 5.56 Å². The molecule has 1 unspecified atom stereocenters. The first kappa shape index (κ1) is 17.8. The lowest BCUT2D eigenvalue weighted by Gasteiger charge is -2.09. The van der Waals surface area contributed by atoms with Gasteiger partial charge in [-0.3, -0.25) is 14.0 Å². The van der Waals surface area contributed by atoms with Gasteiger partial charge in [-0.25, -0.2) is 0 Å². The van der Waals surface area contributed by atoms with Crippen LogP contribution in [0.4, 0.5) is 0 Å². The highest BCUT2D eigenvalue weighted by molar-refractivity contribution is 7.85. The van der Waals surface area contributed by atoms with Crippen molar-refractivity contribution in [2.75, 3.05) is 5.75 Å². The predicted octanol–water partition coefficient (Wildman–Crippen LogP) is 3.52. The molecule has 0 amide bonds. The number of benzene rings is 2. The van der Waals surface area contributed by atoms with Gasteiger partial charge in [0.25, 0.3) is 0 Å². The second kappa shape index (κ2) is 8.40. The topological polar surface area (TPSA) is 76.5 Å². The maximum atomic E-state index is 11.8. The quantitative estimate of drug-likeness (QED) is 0.691. The first-order valence-corrected chi connectivity index (χ1v) is 9.26. The summed E-state index contributed by atoms with van der Waals surface area (Å²) in [5.41, 5.74) is 3.21. The van der Waals surface area contributed by atoms with Gasteiger partial charge in [-0.2, -0.15) is 0 Å². The number of carboxylic acid groups (broad SMARTS) is 1. The molecule has 132 valence electrons. The Labute approximate surface area is 153 Å². The zero-order chi connectivity index (χ0) is 18.4. The molecule has 2 aromatic carbocycles. The SMILES string of the molecule is O=C(O)CS(=O)c1ccc(OCc2cccc(-c3ccncc3)c2)cc1. The third-order valence-corrected chi connectivity index (χ3v) is 4.99. The van der Waals surface area contributed by atoms with Crippen LogP contribution in [-0.2, 0) is 22.2 Å². The van der Waals surface area contributed by atoms with E-state index in [4.69, 9.17) is 9.84 Å². The minimum atomic E-state index is -1.55. The molecular weight excluding hydrogens is 350 g/mol. The van der Waals surface area contributed by atoms with E-state index in [9.17, 15) is 9.00 Å². The van der Waals surface area contributed by atoms with E-state index < -0.39 is 22.5 Å². The van der Waals surface area contributed by atoms with Crippen molar-refractivity contribution in [2.45, 2.75) is 11.5 Å². The number of rotatable bonds is 7. The van der Waals surface area contributed by atoms with Gasteiger partial charge in [-0.15, -0.1) is 0 Å². The van der Waals surface area contributed by atoms with Gasteiger partial charge in [0.05, 0.1) is 10.8 Å². The summed E-state index contributed by atoms with van der Waals surface area (Å²) in [7, 11) is -1.55. The monoisotopic (exact) mass is 367 g/mol. The summed E-state index contributed by atoms with van der Waals surface area (Å²) in [5.74, 6) is -0.852. The van der Waals surface area contributed by atoms with E-state index in [1.807, 2.05) is 30.3 Å². The van der Waals surface area contributed by atoms with Gasteiger partial charge in [0.2, 0.25) is 0 Å². The van der Waals surface area contributed by atoms with Crippen molar-refractivity contribution in [1.29, 1.82) is 0 Å². The molecule has 1 aromatic heterocycles. The van der Waals surface area contributed by atoms with Crippen molar-refractivity contribution in [3.63, 3.8) is 0 Å². The Kier molecular flexibility index (Phi) is 5.76. The molecule has 0 fully saturated rings. The van der Waals surface area contributed by atoms with E-state index >= 15 is 0 Å². The molecule has 0 aliphatic carbocycles. The van der Waals surface area contributed by atoms with Crippen molar-refractivity contribution < 1.29 is 18.8 Å². The Bertz CT molecular complexity index is 911. The summed E-state index contributed by atoms with van der Waals surface area (Å²) < 4.78 is 17.6. The molecule has 0 saturated carbocycles. The summed E-state index contributed by atoms with van der Waals surface area (Å²) in [4.78, 5) is 15.1. The molecule has 0 spiro atoms. The maximum Gasteiger partial charge on any atom is 0.316 e. The lowest BCUT2D eigenvalue weighted by atomic mass is 10.0. The Hall–Kier alpha value is -2.99. The molecule has 0 aliphatic rings. The summed E-state index contributed by atoms with van der Waals surface area (Å²) >= 11 is 0. The van der Waals surface area contributed by atoms with E-state index in [1.165, 1.54) is 0 Å². The Morgan fingerprint density at radius 3 is 2.42 bits per heavy atom. The molecule has 1 heterocycles. The van der Waals surface area contributed by atoms with Gasteiger partial charge in [0.15, 0.2) is 0 Å². The molecule has 1 N–H and O–H groups in total. The summed E-state index contributed by atoms with van der Waals surface area (Å²) in [6, 6.07) is 18.6. The highest BCUT2D eigenvalue weighted by Crippen LogP contribution is 2.21. The third kappa shape index (κ3) is 4.77. The van der Waals surface area contributed by atoms with Crippen LogP contribution in [-0.4, -0.2) is 26.0 Å². The fourth-order valence-corrected chi connectivity index (χ4v) is 3.27. The molecule has 3 rings (SSSR count). The maximum absolute atomic E-state index is 11.8. The summed E-state index contributed by atoms with van der Waals surface area (Å²) in [6.07, 6.45) is 3.52. The fraction of sp³-hybridized carbons (Fsp3) is 0.100. The minimum Gasteiger partial charge on any atom is -0.489 e. The lowest BCUT2D eigenvalue weighted by molar-refractivity contribution is -0.133. The number of aliphatic carboxylic acids is 1. The van der Waals surface area contributed by atoms with Crippen LogP contribution < -0.4 is 4.74 Å². The van der Waals surface area contributed by atoms with Gasteiger partial charge < -0.3 is 9.84 Å². The average molecular weight is 367 g/mol. The van der Waals surface area contributed by atoms with E-state index in [1.54, 1.807) is 36.7 Å². The molecule has 26 heavy (non-hydrogen) atoms. The van der Waals surface area contributed by atoms with Crippen molar-refractivity contribution in [2.24, 2.45) is 0 Å². The third-order valence-electron chi connectivity index (χ3n) is 3.69. The van der Waals surface area contributed by atoms with Crippen LogP contribution in [0.5, 0.6) is 5.75 Å². The van der Waals surface area contributed by atoms with Crippen molar-refractivity contribution in [1.82, 2.24) is 4.98 Å². The average Bonchev–Trinajstić information content (AvgIpc) is 2.67. The van der Waals surface area contributed by atoms with Gasteiger partial charge in [0.1, 0.15) is 18.1 Å². The standard InChI is InChI=1S/C20H17NO4S/c22-20(23)14-26(24)19-6-4-18(5-7-19)25-13-15-2-1-3-17(12-15)16-8-10-21-11-9-16/h1-12H,13-14H2,(H,22,23). The van der Waals surface area contributed by atoms with Gasteiger partial charge in [-0.05, 0) is 59.2 Å². The van der Waals surface area contributed by atoms with Crippen molar-refractivity contribution in [3.05, 3.63) is 78.6 Å². The second-order valence-corrected chi connectivity index (χ2v) is 7.03. The molecular formula is C20H17NO4S. The zero-order valence-electron chi connectivity index (χ0n) is 13.9. The van der Waals surface area contributed by atoms with Crippen molar-refractivity contribution >= 4 is 16.8 Å². The smallest absolute Gasteiger partial charge is 0.316 e. The number of aromatic nitrogens is 1. The number of carbonyl (C=O) groups is 1. The lowest BCUT2D eigenvalue weighted by Crippen LogP contribution is -2.09. The summed E-state index contributed by atoms with van der Waals surface area (Å²) in [5, 5.41) is 8.69.